The molecule has 0 heterocycles. The molecule has 60 heavy (non-hydrogen) atoms. The van der Waals surface area contributed by atoms with E-state index in [2.05, 4.69) is 59.1 Å². The van der Waals surface area contributed by atoms with E-state index in [-0.39, 0.29) is 57.3 Å². The molecule has 5 saturated carbocycles. The van der Waals surface area contributed by atoms with Gasteiger partial charge < -0.3 is 25.6 Å². The Morgan fingerprint density at radius 3 is 2.23 bits per heavy atom. The quantitative estimate of drug-likeness (QED) is 0.162. The minimum atomic E-state index is -0.839. The molecule has 332 valence electrons. The molecule has 0 bridgehead atoms. The Labute approximate surface area is 364 Å². The first-order valence-electron chi connectivity index (χ1n) is 22.9. The summed E-state index contributed by atoms with van der Waals surface area (Å²) < 4.78 is 6.42. The monoisotopic (exact) mass is 849 g/mol. The van der Waals surface area contributed by atoms with Crippen LogP contribution in [-0.4, -0.2) is 64.7 Å². The number of rotatable bonds is 11. The third kappa shape index (κ3) is 6.92. The number of amides is 1. The lowest BCUT2D eigenvalue weighted by atomic mass is 9.33. The second kappa shape index (κ2) is 15.2. The lowest BCUT2D eigenvalue weighted by Crippen LogP contribution is -2.66. The summed E-state index contributed by atoms with van der Waals surface area (Å²) in [5.74, 6) is -0.914. The number of benzene rings is 1. The Kier molecular flexibility index (Phi) is 11.5. The van der Waals surface area contributed by atoms with Gasteiger partial charge in [-0.15, -0.1) is 0 Å². The van der Waals surface area contributed by atoms with Crippen LogP contribution in [0.2, 0.25) is 5.02 Å². The van der Waals surface area contributed by atoms with Crippen LogP contribution in [-0.2, 0) is 19.1 Å². The van der Waals surface area contributed by atoms with Gasteiger partial charge in [-0.05, 0) is 141 Å². The maximum Gasteiger partial charge on any atom is 0.309 e. The predicted molar refractivity (Wildman–Crippen MR) is 234 cm³/mol. The van der Waals surface area contributed by atoms with Gasteiger partial charge in [0.25, 0.3) is 5.91 Å². The summed E-state index contributed by atoms with van der Waals surface area (Å²) in [5, 5.41) is 29.1. The Morgan fingerprint density at radius 2 is 1.60 bits per heavy atom. The van der Waals surface area contributed by atoms with Gasteiger partial charge in [0.2, 0.25) is 0 Å². The maximum atomic E-state index is 14.2. The zero-order valence-electron chi connectivity index (χ0n) is 38.2. The zero-order chi connectivity index (χ0) is 44.2. The molecular formula is C50H73ClN2O7. The van der Waals surface area contributed by atoms with E-state index in [4.69, 9.17) is 16.3 Å². The molecular weight excluding hydrogens is 776 g/mol. The molecule has 1 amide bonds. The number of allylic oxidation sites excluding steroid dienone is 1. The van der Waals surface area contributed by atoms with Crippen LogP contribution >= 0.6 is 11.6 Å². The van der Waals surface area contributed by atoms with E-state index in [1.807, 2.05) is 27.7 Å². The molecule has 0 aliphatic heterocycles. The number of esters is 1. The Morgan fingerprint density at radius 1 is 0.900 bits per heavy atom. The summed E-state index contributed by atoms with van der Waals surface area (Å²) in [7, 11) is 0. The molecule has 4 N–H and O–H groups in total. The van der Waals surface area contributed by atoms with Crippen LogP contribution in [0.5, 0.6) is 0 Å². The van der Waals surface area contributed by atoms with Gasteiger partial charge in [-0.1, -0.05) is 85.6 Å². The summed E-state index contributed by atoms with van der Waals surface area (Å²) in [5.41, 5.74) is 0.617. The second-order valence-electron chi connectivity index (χ2n) is 23.1. The van der Waals surface area contributed by atoms with Crippen LogP contribution in [0.3, 0.4) is 0 Å². The van der Waals surface area contributed by atoms with E-state index >= 15 is 0 Å². The van der Waals surface area contributed by atoms with Gasteiger partial charge in [-0.25, -0.2) is 0 Å². The van der Waals surface area contributed by atoms with Gasteiger partial charge in [0, 0.05) is 46.5 Å². The topological polar surface area (TPSA) is 142 Å². The summed E-state index contributed by atoms with van der Waals surface area (Å²) >= 11 is 6.15. The number of fused-ring (bicyclic) bond motifs is 7. The van der Waals surface area contributed by atoms with Crippen molar-refractivity contribution < 1.29 is 34.1 Å². The molecule has 0 saturated heterocycles. The van der Waals surface area contributed by atoms with Gasteiger partial charge in [0.05, 0.1) is 17.9 Å². The van der Waals surface area contributed by atoms with Crippen LogP contribution in [0, 0.1) is 68.0 Å². The number of hydrogen-bond acceptors (Lipinski definition) is 7. The van der Waals surface area contributed by atoms with Crippen molar-refractivity contribution in [3.05, 3.63) is 46.0 Å². The molecule has 5 fully saturated rings. The van der Waals surface area contributed by atoms with Gasteiger partial charge in [-0.3, -0.25) is 19.2 Å². The summed E-state index contributed by atoms with van der Waals surface area (Å²) in [6.07, 6.45) is 7.38. The number of aliphatic hydroxyl groups is 1. The number of aliphatic carboxylic acids is 1. The van der Waals surface area contributed by atoms with Crippen molar-refractivity contribution in [2.75, 3.05) is 13.1 Å². The van der Waals surface area contributed by atoms with Gasteiger partial charge in [0.15, 0.2) is 5.78 Å². The highest BCUT2D eigenvalue weighted by Crippen LogP contribution is 2.77. The number of carboxylic acid groups (broad SMARTS) is 1. The first-order valence-corrected chi connectivity index (χ1v) is 23.3. The Balaban J connectivity index is 1.09. The van der Waals surface area contributed by atoms with Crippen LogP contribution in [0.25, 0.3) is 0 Å². The summed E-state index contributed by atoms with van der Waals surface area (Å²) in [4.78, 5) is 52.7. The summed E-state index contributed by atoms with van der Waals surface area (Å²) in [6.45, 7) is 24.9. The first-order chi connectivity index (χ1) is 27.8. The minimum absolute atomic E-state index is 0.0177. The lowest BCUT2D eigenvalue weighted by molar-refractivity contribution is -0.238. The Hall–Kier alpha value is -2.75. The van der Waals surface area contributed by atoms with Crippen LogP contribution in [0.1, 0.15) is 151 Å². The number of halogens is 1. The number of ketones is 1. The number of ether oxygens (including phenoxy) is 1. The van der Waals surface area contributed by atoms with Crippen molar-refractivity contribution in [1.82, 2.24) is 10.6 Å². The number of nitrogens with one attached hydrogen (secondary N) is 2. The molecule has 7 rings (SSSR count). The average molecular weight is 850 g/mol. The van der Waals surface area contributed by atoms with Crippen molar-refractivity contribution >= 4 is 35.2 Å². The maximum absolute atomic E-state index is 14.2. The van der Waals surface area contributed by atoms with E-state index < -0.39 is 40.3 Å². The number of carbonyl (C=O) groups excluding carboxylic acids is 3. The summed E-state index contributed by atoms with van der Waals surface area (Å²) in [6, 6.07) is 6.90. The molecule has 0 radical (unpaired) electrons. The van der Waals surface area contributed by atoms with Crippen molar-refractivity contribution in [3.8, 4) is 0 Å². The smallest absolute Gasteiger partial charge is 0.309 e. The van der Waals surface area contributed by atoms with Gasteiger partial charge in [0.1, 0.15) is 6.10 Å². The highest BCUT2D eigenvalue weighted by Gasteiger charge is 2.71. The average Bonchev–Trinajstić information content (AvgIpc) is 3.45. The third-order valence-corrected chi connectivity index (χ3v) is 18.8. The largest absolute Gasteiger partial charge is 0.481 e. The van der Waals surface area contributed by atoms with Crippen molar-refractivity contribution in [2.24, 2.45) is 68.0 Å². The molecule has 1 aromatic rings. The molecule has 9 nitrogen and oxygen atoms in total. The van der Waals surface area contributed by atoms with Crippen molar-refractivity contribution in [3.63, 3.8) is 0 Å². The van der Waals surface area contributed by atoms with Gasteiger partial charge in [-0.2, -0.15) is 0 Å². The van der Waals surface area contributed by atoms with Crippen molar-refractivity contribution in [1.29, 1.82) is 0 Å². The van der Waals surface area contributed by atoms with Crippen LogP contribution < -0.4 is 10.6 Å². The number of carbonyl (C=O) groups is 4. The lowest BCUT2D eigenvalue weighted by Gasteiger charge is -2.72. The molecule has 1 aromatic carbocycles. The van der Waals surface area contributed by atoms with E-state index in [1.165, 1.54) is 5.57 Å². The highest BCUT2D eigenvalue weighted by molar-refractivity contribution is 6.31. The predicted octanol–water partition coefficient (Wildman–Crippen LogP) is 9.44. The minimum Gasteiger partial charge on any atom is -0.481 e. The standard InChI is InChI=1S/C50H73ClN2O7/c1-28(2)39-34(54)25-50(37(55)26-52-27-44(3,4)53-41(56)29-13-12-14-30(51)23-29)22-21-48(10)31(40(39)50)15-16-36-47(9)19-18-38(46(7,8)35(47)17-20-49(36,48)11)60-43(59)33-24-32(42(57)58)45(33,5)6/h12-14,23,28,31-33,35-38,52,55H,15-22,24-27H2,1-11H3,(H,53,56)(H,57,58)/t31-,32+,33-,35+,36-,37+,38+,47+,48-,49-,50+/m1/s1. The van der Waals surface area contributed by atoms with Crippen molar-refractivity contribution in [2.45, 2.75) is 158 Å². The van der Waals surface area contributed by atoms with Crippen LogP contribution in [0.15, 0.2) is 35.4 Å². The molecule has 11 atom stereocenters. The fraction of sp³-hybridized carbons (Fsp3) is 0.760. The zero-order valence-corrected chi connectivity index (χ0v) is 39.0. The normalized spacial score (nSPS) is 38.5. The fourth-order valence-corrected chi connectivity index (χ4v) is 15.2. The highest BCUT2D eigenvalue weighted by atomic mass is 35.5. The molecule has 0 spiro atoms. The molecule has 10 heteroatoms. The van der Waals surface area contributed by atoms with Gasteiger partial charge >= 0.3 is 11.9 Å². The van der Waals surface area contributed by atoms with E-state index in [0.717, 1.165) is 56.9 Å². The van der Waals surface area contributed by atoms with E-state index in [1.54, 1.807) is 24.3 Å². The van der Waals surface area contributed by atoms with E-state index in [9.17, 15) is 29.4 Å². The SMILES string of the molecule is CC(C)C1=C2[C@H]3CC[C@@H]4[C@@]5(C)CC[C@H](OC(=O)[C@H]6C[C@@H](C(=O)O)C6(C)C)C(C)(C)[C@@H]5CC[C@@]4(C)[C@]3(C)CC[C@@]2([C@@H](O)CNCC(C)(C)NC(=O)c2cccc(Cl)c2)CC1=O. The Bertz CT molecular complexity index is 1950. The second-order valence-corrected chi connectivity index (χ2v) is 23.6. The number of Topliss-reactive ketones (excluding diaryl/α,β-unsaturated/α-hetero) is 1. The number of hydrogen-bond donors (Lipinski definition) is 4. The molecule has 6 aliphatic rings. The molecule has 0 aromatic heterocycles. The fourth-order valence-electron chi connectivity index (χ4n) is 15.0. The molecule has 0 unspecified atom stereocenters. The molecule has 6 aliphatic carbocycles. The third-order valence-electron chi connectivity index (χ3n) is 18.6. The van der Waals surface area contributed by atoms with Crippen LogP contribution in [0.4, 0.5) is 0 Å². The van der Waals surface area contributed by atoms with E-state index in [0.29, 0.717) is 48.4 Å². The first kappa shape index (κ1) is 45.3. The number of aliphatic hydroxyl groups excluding tert-OH is 1. The number of carboxylic acids is 1.